The van der Waals surface area contributed by atoms with Gasteiger partial charge in [-0.2, -0.15) is 0 Å². The number of urea groups is 1. The van der Waals surface area contributed by atoms with E-state index in [9.17, 15) is 4.79 Å². The fraction of sp³-hybridized carbons (Fsp3) is 0.857. The molecule has 0 aromatic rings. The van der Waals surface area contributed by atoms with Crippen LogP contribution in [0.2, 0.25) is 0 Å². The summed E-state index contributed by atoms with van der Waals surface area (Å²) < 4.78 is 0. The Bertz CT molecular complexity index is 154. The topological polar surface area (TPSA) is 46.3 Å². The Morgan fingerprint density at radius 1 is 1.60 bits per heavy atom. The van der Waals surface area contributed by atoms with Crippen molar-refractivity contribution in [3.63, 3.8) is 0 Å². The standard InChI is InChI=1S/C7H14N2O/c1-7(2)4-3-5-9(7)6(8)10/h3-5H2,1-2H3,(H2,8,10). The predicted molar refractivity (Wildman–Crippen MR) is 39.6 cm³/mol. The first-order valence-electron chi connectivity index (χ1n) is 3.61. The van der Waals surface area contributed by atoms with E-state index in [1.807, 2.05) is 13.8 Å². The molecule has 1 heterocycles. The summed E-state index contributed by atoms with van der Waals surface area (Å²) in [5.41, 5.74) is 5.15. The Labute approximate surface area is 61.2 Å². The smallest absolute Gasteiger partial charge is 0.315 e. The summed E-state index contributed by atoms with van der Waals surface area (Å²) in [6.45, 7) is 4.91. The van der Waals surface area contributed by atoms with Crippen LogP contribution in [0.3, 0.4) is 0 Å². The molecule has 3 nitrogen and oxygen atoms in total. The molecule has 3 heteroatoms. The van der Waals surface area contributed by atoms with Gasteiger partial charge in [-0.15, -0.1) is 0 Å². The van der Waals surface area contributed by atoms with Gasteiger partial charge in [0.05, 0.1) is 0 Å². The Hall–Kier alpha value is -0.730. The predicted octanol–water partition coefficient (Wildman–Crippen LogP) is 0.940. The van der Waals surface area contributed by atoms with Crippen LogP contribution in [0.5, 0.6) is 0 Å². The van der Waals surface area contributed by atoms with E-state index >= 15 is 0 Å². The molecule has 0 aromatic carbocycles. The highest BCUT2D eigenvalue weighted by Crippen LogP contribution is 2.27. The summed E-state index contributed by atoms with van der Waals surface area (Å²) in [6, 6.07) is -0.289. The number of primary amides is 1. The Morgan fingerprint density at radius 3 is 2.40 bits per heavy atom. The van der Waals surface area contributed by atoms with Crippen molar-refractivity contribution in [2.24, 2.45) is 5.73 Å². The number of hydrogen-bond donors (Lipinski definition) is 1. The van der Waals surface area contributed by atoms with E-state index in [1.165, 1.54) is 0 Å². The average Bonchev–Trinajstić information content (AvgIpc) is 2.08. The first-order valence-corrected chi connectivity index (χ1v) is 3.61. The number of hydrogen-bond acceptors (Lipinski definition) is 1. The first kappa shape index (κ1) is 7.38. The third-order valence-electron chi connectivity index (χ3n) is 2.17. The molecule has 0 unspecified atom stereocenters. The van der Waals surface area contributed by atoms with Gasteiger partial charge in [0.15, 0.2) is 0 Å². The van der Waals surface area contributed by atoms with Crippen LogP contribution in [0, 0.1) is 0 Å². The number of likely N-dealkylation sites (tertiary alicyclic amines) is 1. The van der Waals surface area contributed by atoms with Gasteiger partial charge in [0, 0.05) is 12.1 Å². The molecule has 1 saturated heterocycles. The van der Waals surface area contributed by atoms with Crippen molar-refractivity contribution in [3.8, 4) is 0 Å². The number of carbonyl (C=O) groups excluding carboxylic acids is 1. The second-order valence-corrected chi connectivity index (χ2v) is 3.41. The van der Waals surface area contributed by atoms with E-state index in [0.29, 0.717) is 0 Å². The maximum Gasteiger partial charge on any atom is 0.315 e. The van der Waals surface area contributed by atoms with Gasteiger partial charge < -0.3 is 10.6 Å². The minimum Gasteiger partial charge on any atom is -0.351 e. The molecule has 2 amide bonds. The van der Waals surface area contributed by atoms with Crippen LogP contribution in [0.15, 0.2) is 0 Å². The second-order valence-electron chi connectivity index (χ2n) is 3.41. The van der Waals surface area contributed by atoms with Crippen molar-refractivity contribution >= 4 is 6.03 Å². The zero-order chi connectivity index (χ0) is 7.78. The van der Waals surface area contributed by atoms with E-state index in [-0.39, 0.29) is 11.6 Å². The van der Waals surface area contributed by atoms with E-state index in [2.05, 4.69) is 0 Å². The molecule has 1 rings (SSSR count). The number of nitrogens with two attached hydrogens (primary N) is 1. The van der Waals surface area contributed by atoms with Crippen molar-refractivity contribution in [2.45, 2.75) is 32.2 Å². The summed E-state index contributed by atoms with van der Waals surface area (Å²) >= 11 is 0. The molecule has 0 spiro atoms. The minimum atomic E-state index is -0.289. The summed E-state index contributed by atoms with van der Waals surface area (Å²) in [5.74, 6) is 0. The second kappa shape index (κ2) is 2.15. The van der Waals surface area contributed by atoms with Crippen LogP contribution in [0.1, 0.15) is 26.7 Å². The van der Waals surface area contributed by atoms with Crippen LogP contribution < -0.4 is 5.73 Å². The monoisotopic (exact) mass is 142 g/mol. The minimum absolute atomic E-state index is 0.00810. The summed E-state index contributed by atoms with van der Waals surface area (Å²) in [6.07, 6.45) is 2.14. The molecule has 0 atom stereocenters. The van der Waals surface area contributed by atoms with Gasteiger partial charge in [0.25, 0.3) is 0 Å². The molecule has 1 fully saturated rings. The molecular formula is C7H14N2O. The van der Waals surface area contributed by atoms with Crippen LogP contribution in [0.25, 0.3) is 0 Å². The van der Waals surface area contributed by atoms with Crippen LogP contribution in [-0.2, 0) is 0 Å². The van der Waals surface area contributed by atoms with Crippen molar-refractivity contribution < 1.29 is 4.79 Å². The molecule has 58 valence electrons. The number of amides is 2. The van der Waals surface area contributed by atoms with E-state index in [0.717, 1.165) is 19.4 Å². The SMILES string of the molecule is CC1(C)CCCN1C(N)=O. The molecule has 0 aliphatic carbocycles. The van der Waals surface area contributed by atoms with Gasteiger partial charge >= 0.3 is 6.03 Å². The molecule has 0 bridgehead atoms. The highest BCUT2D eigenvalue weighted by molar-refractivity contribution is 5.73. The van der Waals surface area contributed by atoms with Crippen molar-refractivity contribution in [1.82, 2.24) is 4.90 Å². The maximum absolute atomic E-state index is 10.8. The van der Waals surface area contributed by atoms with Gasteiger partial charge in [-0.1, -0.05) is 0 Å². The zero-order valence-corrected chi connectivity index (χ0v) is 6.55. The lowest BCUT2D eigenvalue weighted by Crippen LogP contribution is -2.45. The average molecular weight is 142 g/mol. The maximum atomic E-state index is 10.8. The molecule has 0 aromatic heterocycles. The summed E-state index contributed by atoms with van der Waals surface area (Å²) in [7, 11) is 0. The summed E-state index contributed by atoms with van der Waals surface area (Å²) in [5, 5.41) is 0. The number of carbonyl (C=O) groups is 1. The quantitative estimate of drug-likeness (QED) is 0.537. The molecule has 1 aliphatic rings. The largest absolute Gasteiger partial charge is 0.351 e. The van der Waals surface area contributed by atoms with Crippen LogP contribution in [0.4, 0.5) is 4.79 Å². The fourth-order valence-electron chi connectivity index (χ4n) is 1.52. The molecular weight excluding hydrogens is 128 g/mol. The first-order chi connectivity index (χ1) is 4.54. The highest BCUT2D eigenvalue weighted by atomic mass is 16.2. The van der Waals surface area contributed by atoms with E-state index < -0.39 is 0 Å². The van der Waals surface area contributed by atoms with Gasteiger partial charge in [-0.05, 0) is 26.7 Å². The Balaban J connectivity index is 2.68. The third-order valence-corrected chi connectivity index (χ3v) is 2.17. The lowest BCUT2D eigenvalue weighted by atomic mass is 10.0. The molecule has 0 saturated carbocycles. The normalized spacial score (nSPS) is 23.2. The zero-order valence-electron chi connectivity index (χ0n) is 6.55. The highest BCUT2D eigenvalue weighted by Gasteiger charge is 2.33. The van der Waals surface area contributed by atoms with E-state index in [1.54, 1.807) is 4.90 Å². The van der Waals surface area contributed by atoms with Crippen molar-refractivity contribution in [2.75, 3.05) is 6.54 Å². The van der Waals surface area contributed by atoms with Crippen LogP contribution in [-0.4, -0.2) is 23.0 Å². The fourth-order valence-corrected chi connectivity index (χ4v) is 1.52. The third kappa shape index (κ3) is 1.08. The van der Waals surface area contributed by atoms with Gasteiger partial charge in [0.1, 0.15) is 0 Å². The molecule has 2 N–H and O–H groups in total. The van der Waals surface area contributed by atoms with Gasteiger partial charge in [0.2, 0.25) is 0 Å². The van der Waals surface area contributed by atoms with Crippen LogP contribution >= 0.6 is 0 Å². The van der Waals surface area contributed by atoms with Gasteiger partial charge in [-0.3, -0.25) is 0 Å². The van der Waals surface area contributed by atoms with Crippen molar-refractivity contribution in [3.05, 3.63) is 0 Å². The molecule has 1 aliphatic heterocycles. The molecule has 10 heavy (non-hydrogen) atoms. The Kier molecular flexibility index (Phi) is 1.58. The number of nitrogens with zero attached hydrogens (tertiary/aromatic N) is 1. The van der Waals surface area contributed by atoms with Crippen molar-refractivity contribution in [1.29, 1.82) is 0 Å². The lowest BCUT2D eigenvalue weighted by Gasteiger charge is -2.29. The van der Waals surface area contributed by atoms with Gasteiger partial charge in [-0.25, -0.2) is 4.79 Å². The van der Waals surface area contributed by atoms with E-state index in [4.69, 9.17) is 5.73 Å². The summed E-state index contributed by atoms with van der Waals surface area (Å²) in [4.78, 5) is 12.5. The number of rotatable bonds is 0. The Morgan fingerprint density at radius 2 is 2.20 bits per heavy atom. The molecule has 0 radical (unpaired) electrons. The lowest BCUT2D eigenvalue weighted by molar-refractivity contribution is 0.174.